The summed E-state index contributed by atoms with van der Waals surface area (Å²) in [6.07, 6.45) is 5.89. The Morgan fingerprint density at radius 2 is 1.97 bits per heavy atom. The quantitative estimate of drug-likeness (QED) is 0.327. The maximum absolute atomic E-state index is 12.9. The second-order valence-electron chi connectivity index (χ2n) is 8.84. The molecule has 0 saturated heterocycles. The number of hydrogen-bond acceptors (Lipinski definition) is 8. The molecule has 0 spiro atoms. The fourth-order valence-electron chi connectivity index (χ4n) is 4.30. The van der Waals surface area contributed by atoms with E-state index in [0.717, 1.165) is 12.1 Å². The smallest absolute Gasteiger partial charge is 0.229 e. The van der Waals surface area contributed by atoms with E-state index in [-0.39, 0.29) is 23.5 Å². The van der Waals surface area contributed by atoms with Crippen LogP contribution in [-0.2, 0) is 11.8 Å². The minimum atomic E-state index is -0.160. The van der Waals surface area contributed by atoms with E-state index < -0.39 is 0 Å². The minimum absolute atomic E-state index is 0.0770. The van der Waals surface area contributed by atoms with Gasteiger partial charge in [-0.2, -0.15) is 5.10 Å². The van der Waals surface area contributed by atoms with Crippen molar-refractivity contribution in [1.29, 1.82) is 0 Å². The summed E-state index contributed by atoms with van der Waals surface area (Å²) in [7, 11) is 3.36. The number of ether oxygens (including phenoxy) is 1. The fourth-order valence-corrected chi connectivity index (χ4v) is 4.30. The molecule has 1 saturated carbocycles. The molecular formula is C27H27N7O3. The summed E-state index contributed by atoms with van der Waals surface area (Å²) in [5.41, 5.74) is 3.17. The number of nitrogens with one attached hydrogen (secondary N) is 2. The number of para-hydroxylation sites is 1. The molecule has 10 nitrogen and oxygen atoms in total. The Hall–Kier alpha value is -4.60. The molecule has 188 valence electrons. The summed E-state index contributed by atoms with van der Waals surface area (Å²) in [4.78, 5) is 38.6. The number of benzene rings is 1. The van der Waals surface area contributed by atoms with Gasteiger partial charge < -0.3 is 15.4 Å². The van der Waals surface area contributed by atoms with Crippen LogP contribution in [0.15, 0.2) is 61.2 Å². The number of ketones is 1. The van der Waals surface area contributed by atoms with Crippen molar-refractivity contribution in [1.82, 2.24) is 24.7 Å². The van der Waals surface area contributed by atoms with Gasteiger partial charge in [0.1, 0.15) is 12.1 Å². The Morgan fingerprint density at radius 1 is 1.11 bits per heavy atom. The summed E-state index contributed by atoms with van der Waals surface area (Å²) in [5, 5.41) is 10.6. The van der Waals surface area contributed by atoms with Crippen LogP contribution in [0.5, 0.6) is 5.75 Å². The number of aryl methyl sites for hydroxylation is 1. The fraction of sp³-hybridized carbons (Fsp3) is 0.259. The van der Waals surface area contributed by atoms with Gasteiger partial charge in [0.05, 0.1) is 29.6 Å². The Balaban J connectivity index is 1.42. The molecule has 2 N–H and O–H groups in total. The molecule has 0 radical (unpaired) electrons. The highest BCUT2D eigenvalue weighted by Crippen LogP contribution is 2.47. The molecule has 3 aromatic heterocycles. The van der Waals surface area contributed by atoms with Crippen LogP contribution in [-0.4, -0.2) is 43.5 Å². The van der Waals surface area contributed by atoms with E-state index in [1.165, 1.54) is 6.20 Å². The lowest BCUT2D eigenvalue weighted by atomic mass is 10.1. The highest BCUT2D eigenvalue weighted by atomic mass is 16.5. The monoisotopic (exact) mass is 497 g/mol. The molecule has 2 unspecified atom stereocenters. The van der Waals surface area contributed by atoms with E-state index in [1.54, 1.807) is 44.4 Å². The number of carbonyl (C=O) groups excluding carboxylic acids is 2. The summed E-state index contributed by atoms with van der Waals surface area (Å²) < 4.78 is 7.31. The topological polar surface area (TPSA) is 124 Å². The van der Waals surface area contributed by atoms with Gasteiger partial charge in [-0.05, 0) is 30.7 Å². The minimum Gasteiger partial charge on any atom is -0.494 e. The predicted molar refractivity (Wildman–Crippen MR) is 139 cm³/mol. The summed E-state index contributed by atoms with van der Waals surface area (Å²) in [5.74, 6) is 1.15. The van der Waals surface area contributed by atoms with Crippen LogP contribution >= 0.6 is 0 Å². The lowest BCUT2D eigenvalue weighted by Crippen LogP contribution is -2.16. The molecule has 0 aliphatic heterocycles. The number of methoxy groups -OCH3 is 1. The van der Waals surface area contributed by atoms with Crippen LogP contribution in [0.4, 0.5) is 17.2 Å². The highest BCUT2D eigenvalue weighted by Gasteiger charge is 2.45. The van der Waals surface area contributed by atoms with Gasteiger partial charge in [0.2, 0.25) is 5.91 Å². The largest absolute Gasteiger partial charge is 0.494 e. The molecule has 10 heteroatoms. The van der Waals surface area contributed by atoms with Crippen molar-refractivity contribution in [3.05, 3.63) is 72.4 Å². The van der Waals surface area contributed by atoms with E-state index in [4.69, 9.17) is 4.74 Å². The lowest BCUT2D eigenvalue weighted by Gasteiger charge is -2.17. The molecule has 1 aromatic carbocycles. The number of carbonyl (C=O) groups is 2. The second kappa shape index (κ2) is 10.2. The SMILES string of the molecule is CCC(=O)c1cnc(NC(=O)C2CC2c2ccccn2)cc1Nc1cccc(-c2ncn(C)n2)c1OC. The zero-order valence-corrected chi connectivity index (χ0v) is 20.8. The molecule has 2 atom stereocenters. The molecule has 37 heavy (non-hydrogen) atoms. The van der Waals surface area contributed by atoms with Crippen molar-refractivity contribution >= 4 is 28.9 Å². The first-order chi connectivity index (χ1) is 18.0. The van der Waals surface area contributed by atoms with Crippen molar-refractivity contribution in [2.45, 2.75) is 25.7 Å². The second-order valence-corrected chi connectivity index (χ2v) is 8.84. The number of Topliss-reactive ketones (excluding diaryl/α,β-unsaturated/α-hetero) is 1. The van der Waals surface area contributed by atoms with Gasteiger partial charge in [-0.3, -0.25) is 19.3 Å². The Kier molecular flexibility index (Phi) is 6.63. The average molecular weight is 498 g/mol. The van der Waals surface area contributed by atoms with Crippen molar-refractivity contribution in [2.24, 2.45) is 13.0 Å². The zero-order chi connectivity index (χ0) is 25.9. The van der Waals surface area contributed by atoms with Crippen molar-refractivity contribution in [3.8, 4) is 17.1 Å². The summed E-state index contributed by atoms with van der Waals surface area (Å²) >= 11 is 0. The van der Waals surface area contributed by atoms with Crippen LogP contribution in [0, 0.1) is 5.92 Å². The number of amides is 1. The molecule has 0 bridgehead atoms. The first kappa shape index (κ1) is 24.1. The first-order valence-corrected chi connectivity index (χ1v) is 12.0. The number of aromatic nitrogens is 5. The van der Waals surface area contributed by atoms with Crippen LogP contribution in [0.2, 0.25) is 0 Å². The summed E-state index contributed by atoms with van der Waals surface area (Å²) in [6.45, 7) is 1.79. The lowest BCUT2D eigenvalue weighted by molar-refractivity contribution is -0.117. The van der Waals surface area contributed by atoms with Gasteiger partial charge in [-0.25, -0.2) is 9.97 Å². The predicted octanol–water partition coefficient (Wildman–Crippen LogP) is 4.36. The van der Waals surface area contributed by atoms with Crippen LogP contribution in [0.25, 0.3) is 11.4 Å². The third-order valence-electron chi connectivity index (χ3n) is 6.30. The van der Waals surface area contributed by atoms with E-state index in [1.807, 2.05) is 36.4 Å². The van der Waals surface area contributed by atoms with Crippen LogP contribution < -0.4 is 15.4 Å². The first-order valence-electron chi connectivity index (χ1n) is 12.0. The van der Waals surface area contributed by atoms with Gasteiger partial charge in [0.15, 0.2) is 17.4 Å². The highest BCUT2D eigenvalue weighted by molar-refractivity contribution is 6.03. The molecule has 3 heterocycles. The van der Waals surface area contributed by atoms with Gasteiger partial charge in [-0.15, -0.1) is 0 Å². The Bertz CT molecular complexity index is 1450. The van der Waals surface area contributed by atoms with Gasteiger partial charge in [0.25, 0.3) is 0 Å². The maximum Gasteiger partial charge on any atom is 0.229 e. The molecule has 5 rings (SSSR count). The zero-order valence-electron chi connectivity index (χ0n) is 20.8. The molecule has 1 amide bonds. The molecule has 4 aromatic rings. The number of nitrogens with zero attached hydrogens (tertiary/aromatic N) is 5. The molecule has 1 aliphatic carbocycles. The third-order valence-corrected chi connectivity index (χ3v) is 6.30. The Morgan fingerprint density at radius 3 is 2.68 bits per heavy atom. The number of hydrogen-bond donors (Lipinski definition) is 2. The van der Waals surface area contributed by atoms with E-state index in [0.29, 0.717) is 46.3 Å². The van der Waals surface area contributed by atoms with Crippen LogP contribution in [0.3, 0.4) is 0 Å². The van der Waals surface area contributed by atoms with E-state index >= 15 is 0 Å². The van der Waals surface area contributed by atoms with Crippen molar-refractivity contribution < 1.29 is 14.3 Å². The van der Waals surface area contributed by atoms with E-state index in [2.05, 4.69) is 30.7 Å². The standard InChI is InChI=1S/C27H27N7O3/c1-4-23(35)19-14-29-24(32-27(36)18-12-17(18)20-9-5-6-11-28-20)13-22(19)31-21-10-7-8-16(25(21)37-3)26-30-15-34(2)33-26/h5-11,13-15,17-18H,4,12H2,1-3H3,(H2,29,31,32,36). The van der Waals surface area contributed by atoms with Crippen LogP contribution in [0.1, 0.15) is 41.7 Å². The van der Waals surface area contributed by atoms with Gasteiger partial charge in [-0.1, -0.05) is 19.1 Å². The van der Waals surface area contributed by atoms with Gasteiger partial charge >= 0.3 is 0 Å². The Labute approximate surface area is 214 Å². The van der Waals surface area contributed by atoms with E-state index in [9.17, 15) is 9.59 Å². The normalized spacial score (nSPS) is 16.2. The van der Waals surface area contributed by atoms with Crippen molar-refractivity contribution in [2.75, 3.05) is 17.7 Å². The number of anilines is 3. The molecule has 1 aliphatic rings. The molecular weight excluding hydrogens is 470 g/mol. The average Bonchev–Trinajstić information content (AvgIpc) is 3.62. The van der Waals surface area contributed by atoms with Crippen molar-refractivity contribution in [3.63, 3.8) is 0 Å². The maximum atomic E-state index is 12.9. The third kappa shape index (κ3) is 5.04. The summed E-state index contributed by atoms with van der Waals surface area (Å²) in [6, 6.07) is 12.9. The number of rotatable bonds is 9. The van der Waals surface area contributed by atoms with Gasteiger partial charge in [0, 0.05) is 49.5 Å². The molecule has 1 fully saturated rings. The number of pyridine rings is 2.